The van der Waals surface area contributed by atoms with E-state index in [0.29, 0.717) is 6.54 Å². The molecule has 5 nitrogen and oxygen atoms in total. The van der Waals surface area contributed by atoms with Crippen molar-refractivity contribution in [2.24, 2.45) is 0 Å². The minimum atomic E-state index is -0.0666. The van der Waals surface area contributed by atoms with Crippen LogP contribution < -0.4 is 5.73 Å². The van der Waals surface area contributed by atoms with Crippen molar-refractivity contribution < 1.29 is 4.52 Å². The molecule has 0 unspecified atom stereocenters. The summed E-state index contributed by atoms with van der Waals surface area (Å²) in [6, 6.07) is 7.77. The fourth-order valence-electron chi connectivity index (χ4n) is 2.53. The molecule has 0 aliphatic heterocycles. The summed E-state index contributed by atoms with van der Waals surface area (Å²) in [4.78, 5) is 4.77. The van der Waals surface area contributed by atoms with Crippen LogP contribution >= 0.6 is 0 Å². The second kappa shape index (κ2) is 4.62. The number of nitrogens with zero attached hydrogens (tertiary/aromatic N) is 3. The maximum absolute atomic E-state index is 5.87. The molecule has 2 heterocycles. The Balaban J connectivity index is 2.17. The van der Waals surface area contributed by atoms with Crippen LogP contribution in [0.5, 0.6) is 0 Å². The quantitative estimate of drug-likeness (QED) is 0.733. The number of rotatable bonds is 2. The molecule has 0 atom stereocenters. The third-order valence-corrected chi connectivity index (χ3v) is 3.43. The summed E-state index contributed by atoms with van der Waals surface area (Å²) in [5.74, 6) is 1.84. The molecule has 0 bridgehead atoms. The van der Waals surface area contributed by atoms with Gasteiger partial charge in [0.15, 0.2) is 5.76 Å². The Hall–Kier alpha value is -2.30. The summed E-state index contributed by atoms with van der Waals surface area (Å²) in [7, 11) is 0. The van der Waals surface area contributed by atoms with Gasteiger partial charge in [0.05, 0.1) is 23.3 Å². The summed E-state index contributed by atoms with van der Waals surface area (Å²) < 4.78 is 7.53. The van der Waals surface area contributed by atoms with E-state index < -0.39 is 0 Å². The number of hydrogen-bond donors (Lipinski definition) is 1. The molecule has 0 amide bonds. The summed E-state index contributed by atoms with van der Waals surface area (Å²) >= 11 is 0. The van der Waals surface area contributed by atoms with Gasteiger partial charge >= 0.3 is 0 Å². The highest BCUT2D eigenvalue weighted by Crippen LogP contribution is 2.28. The van der Waals surface area contributed by atoms with Crippen LogP contribution in [0, 0.1) is 6.92 Å². The third-order valence-electron chi connectivity index (χ3n) is 3.43. The highest BCUT2D eigenvalue weighted by molar-refractivity contribution is 5.80. The Bertz CT molecular complexity index is 792. The van der Waals surface area contributed by atoms with E-state index in [0.717, 1.165) is 34.0 Å². The predicted octanol–water partition coefficient (Wildman–Crippen LogP) is 3.26. The zero-order valence-electron chi connectivity index (χ0n) is 12.8. The number of imidazole rings is 1. The first-order valence-corrected chi connectivity index (χ1v) is 7.03. The molecule has 1 aromatic carbocycles. The number of aromatic nitrogens is 3. The van der Waals surface area contributed by atoms with Gasteiger partial charge < -0.3 is 14.8 Å². The molecular formula is C16H20N4O. The molecular weight excluding hydrogens is 264 g/mol. The minimum Gasteiger partial charge on any atom is -0.399 e. The van der Waals surface area contributed by atoms with Crippen LogP contribution in [-0.2, 0) is 12.0 Å². The average molecular weight is 284 g/mol. The molecule has 3 aromatic rings. The summed E-state index contributed by atoms with van der Waals surface area (Å²) in [5.41, 5.74) is 9.39. The monoisotopic (exact) mass is 284 g/mol. The molecule has 3 rings (SSSR count). The average Bonchev–Trinajstić information content (AvgIpc) is 2.93. The zero-order chi connectivity index (χ0) is 15.2. The first-order valence-electron chi connectivity index (χ1n) is 7.03. The van der Waals surface area contributed by atoms with Crippen molar-refractivity contribution >= 4 is 16.7 Å². The van der Waals surface area contributed by atoms with Crippen molar-refractivity contribution in [1.82, 2.24) is 14.7 Å². The smallest absolute Gasteiger partial charge is 0.156 e. The van der Waals surface area contributed by atoms with Crippen LogP contribution in [0.3, 0.4) is 0 Å². The van der Waals surface area contributed by atoms with Gasteiger partial charge in [-0.1, -0.05) is 25.9 Å². The predicted molar refractivity (Wildman–Crippen MR) is 83.2 cm³/mol. The van der Waals surface area contributed by atoms with Crippen molar-refractivity contribution in [2.45, 2.75) is 39.7 Å². The van der Waals surface area contributed by atoms with E-state index in [1.807, 2.05) is 31.2 Å². The molecule has 0 radical (unpaired) electrons. The van der Waals surface area contributed by atoms with E-state index in [9.17, 15) is 0 Å². The SMILES string of the molecule is Cc1cc(Cn2c(C(C)(C)C)nc3cc(N)ccc32)on1. The van der Waals surface area contributed by atoms with E-state index in [2.05, 4.69) is 30.5 Å². The van der Waals surface area contributed by atoms with Crippen LogP contribution in [0.25, 0.3) is 11.0 Å². The number of hydrogen-bond acceptors (Lipinski definition) is 4. The number of fused-ring (bicyclic) bond motifs is 1. The standard InChI is InChI=1S/C16H20N4O/c1-10-7-12(21-19-10)9-20-14-6-5-11(17)8-13(14)18-15(20)16(2,3)4/h5-8H,9,17H2,1-4H3. The molecule has 110 valence electrons. The van der Waals surface area contributed by atoms with Gasteiger partial charge in [0.1, 0.15) is 5.82 Å². The Kier molecular flexibility index (Phi) is 3.01. The first kappa shape index (κ1) is 13.7. The van der Waals surface area contributed by atoms with Crippen LogP contribution in [-0.4, -0.2) is 14.7 Å². The highest BCUT2D eigenvalue weighted by atomic mass is 16.5. The molecule has 2 aromatic heterocycles. The van der Waals surface area contributed by atoms with Gasteiger partial charge in [-0.3, -0.25) is 0 Å². The van der Waals surface area contributed by atoms with Crippen molar-refractivity contribution in [1.29, 1.82) is 0 Å². The fourth-order valence-corrected chi connectivity index (χ4v) is 2.53. The molecule has 21 heavy (non-hydrogen) atoms. The van der Waals surface area contributed by atoms with Crippen molar-refractivity contribution in [3.05, 3.63) is 41.5 Å². The van der Waals surface area contributed by atoms with E-state index in [4.69, 9.17) is 15.2 Å². The Morgan fingerprint density at radius 3 is 2.62 bits per heavy atom. The molecule has 0 aliphatic rings. The van der Waals surface area contributed by atoms with Gasteiger partial charge in [0, 0.05) is 17.2 Å². The van der Waals surface area contributed by atoms with E-state index in [-0.39, 0.29) is 5.41 Å². The zero-order valence-corrected chi connectivity index (χ0v) is 12.8. The lowest BCUT2D eigenvalue weighted by Gasteiger charge is -2.19. The van der Waals surface area contributed by atoms with Crippen molar-refractivity contribution in [2.75, 3.05) is 5.73 Å². The van der Waals surface area contributed by atoms with Crippen LogP contribution in [0.2, 0.25) is 0 Å². The molecule has 0 saturated carbocycles. The lowest BCUT2D eigenvalue weighted by Crippen LogP contribution is -2.19. The molecule has 0 spiro atoms. The molecule has 0 fully saturated rings. The van der Waals surface area contributed by atoms with Gasteiger partial charge in [0.2, 0.25) is 0 Å². The Morgan fingerprint density at radius 2 is 2.00 bits per heavy atom. The maximum atomic E-state index is 5.87. The van der Waals surface area contributed by atoms with Gasteiger partial charge in [-0.05, 0) is 25.1 Å². The van der Waals surface area contributed by atoms with Gasteiger partial charge in [-0.2, -0.15) is 0 Å². The second-order valence-corrected chi connectivity index (χ2v) is 6.45. The molecule has 0 aliphatic carbocycles. The van der Waals surface area contributed by atoms with Gasteiger partial charge in [-0.25, -0.2) is 4.98 Å². The molecule has 0 saturated heterocycles. The summed E-state index contributed by atoms with van der Waals surface area (Å²) in [6.07, 6.45) is 0. The van der Waals surface area contributed by atoms with E-state index in [1.165, 1.54) is 0 Å². The Morgan fingerprint density at radius 1 is 1.24 bits per heavy atom. The lowest BCUT2D eigenvalue weighted by molar-refractivity contribution is 0.369. The van der Waals surface area contributed by atoms with Crippen LogP contribution in [0.1, 0.15) is 38.0 Å². The number of benzene rings is 1. The van der Waals surface area contributed by atoms with E-state index >= 15 is 0 Å². The van der Waals surface area contributed by atoms with Crippen LogP contribution in [0.4, 0.5) is 5.69 Å². The minimum absolute atomic E-state index is 0.0666. The summed E-state index contributed by atoms with van der Waals surface area (Å²) in [5, 5.41) is 3.95. The molecule has 5 heteroatoms. The first-order chi connectivity index (χ1) is 9.84. The van der Waals surface area contributed by atoms with Crippen molar-refractivity contribution in [3.8, 4) is 0 Å². The largest absolute Gasteiger partial charge is 0.399 e. The number of anilines is 1. The van der Waals surface area contributed by atoms with Crippen molar-refractivity contribution in [3.63, 3.8) is 0 Å². The Labute approximate surface area is 123 Å². The maximum Gasteiger partial charge on any atom is 0.156 e. The molecule has 2 N–H and O–H groups in total. The number of nitrogens with two attached hydrogens (primary N) is 1. The van der Waals surface area contributed by atoms with Gasteiger partial charge in [-0.15, -0.1) is 0 Å². The highest BCUT2D eigenvalue weighted by Gasteiger charge is 2.23. The summed E-state index contributed by atoms with van der Waals surface area (Å²) in [6.45, 7) is 9.00. The van der Waals surface area contributed by atoms with Gasteiger partial charge in [0.25, 0.3) is 0 Å². The normalized spacial score (nSPS) is 12.2. The lowest BCUT2D eigenvalue weighted by atomic mass is 9.95. The number of nitrogen functional groups attached to an aromatic ring is 1. The van der Waals surface area contributed by atoms with Crippen LogP contribution in [0.15, 0.2) is 28.8 Å². The number of aryl methyl sites for hydroxylation is 1. The van der Waals surface area contributed by atoms with E-state index in [1.54, 1.807) is 0 Å². The third kappa shape index (κ3) is 2.51. The topological polar surface area (TPSA) is 69.9 Å². The fraction of sp³-hybridized carbons (Fsp3) is 0.375. The second-order valence-electron chi connectivity index (χ2n) is 6.45.